The van der Waals surface area contributed by atoms with Crippen molar-refractivity contribution >= 4 is 32.5 Å². The molecule has 0 aliphatic rings. The SMILES string of the molecule is CCNc1snnc1CN(C)Cc1ccc(Br)cc1. The summed E-state index contributed by atoms with van der Waals surface area (Å²) >= 11 is 4.87. The lowest BCUT2D eigenvalue weighted by Crippen LogP contribution is -2.18. The average molecular weight is 341 g/mol. The summed E-state index contributed by atoms with van der Waals surface area (Å²) < 4.78 is 5.12. The van der Waals surface area contributed by atoms with Gasteiger partial charge in [-0.15, -0.1) is 5.10 Å². The second kappa shape index (κ2) is 6.98. The molecule has 1 aromatic heterocycles. The highest BCUT2D eigenvalue weighted by atomic mass is 79.9. The highest BCUT2D eigenvalue weighted by Gasteiger charge is 2.10. The van der Waals surface area contributed by atoms with Crippen LogP contribution < -0.4 is 5.32 Å². The number of hydrogen-bond acceptors (Lipinski definition) is 5. The van der Waals surface area contributed by atoms with E-state index in [9.17, 15) is 0 Å². The maximum atomic E-state index is 4.19. The van der Waals surface area contributed by atoms with E-state index in [2.05, 4.69) is 74.0 Å². The number of benzene rings is 1. The molecule has 0 radical (unpaired) electrons. The summed E-state index contributed by atoms with van der Waals surface area (Å²) in [5.41, 5.74) is 2.31. The van der Waals surface area contributed by atoms with Gasteiger partial charge >= 0.3 is 0 Å². The fraction of sp³-hybridized carbons (Fsp3) is 0.385. The summed E-state index contributed by atoms with van der Waals surface area (Å²) in [5, 5.41) is 8.56. The number of aromatic nitrogens is 2. The molecule has 1 N–H and O–H groups in total. The predicted octanol–water partition coefficient (Wildman–Crippen LogP) is 3.36. The van der Waals surface area contributed by atoms with Crippen LogP contribution in [-0.4, -0.2) is 28.1 Å². The maximum absolute atomic E-state index is 4.19. The standard InChI is InChI=1S/C13H17BrN4S/c1-3-15-13-12(16-17-19-13)9-18(2)8-10-4-6-11(14)7-5-10/h4-7,15H,3,8-9H2,1-2H3. The largest absolute Gasteiger partial charge is 0.374 e. The molecule has 1 heterocycles. The minimum Gasteiger partial charge on any atom is -0.374 e. The Labute approximate surface area is 126 Å². The van der Waals surface area contributed by atoms with E-state index in [1.807, 2.05) is 0 Å². The molecule has 2 aromatic rings. The Hall–Kier alpha value is -0.980. The maximum Gasteiger partial charge on any atom is 0.134 e. The first kappa shape index (κ1) is 14.4. The summed E-state index contributed by atoms with van der Waals surface area (Å²) in [4.78, 5) is 2.24. The Morgan fingerprint density at radius 2 is 2.00 bits per heavy atom. The predicted molar refractivity (Wildman–Crippen MR) is 83.4 cm³/mol. The molecule has 6 heteroatoms. The number of hydrogen-bond donors (Lipinski definition) is 1. The van der Waals surface area contributed by atoms with Gasteiger partial charge in [0.05, 0.1) is 0 Å². The summed E-state index contributed by atoms with van der Waals surface area (Å²) in [6.45, 7) is 4.67. The lowest BCUT2D eigenvalue weighted by atomic mass is 10.2. The van der Waals surface area contributed by atoms with Crippen LogP contribution in [-0.2, 0) is 13.1 Å². The molecule has 1 aromatic carbocycles. The molecule has 19 heavy (non-hydrogen) atoms. The molecule has 0 unspecified atom stereocenters. The lowest BCUT2D eigenvalue weighted by molar-refractivity contribution is 0.315. The second-order valence-corrected chi connectivity index (χ2v) is 6.05. The van der Waals surface area contributed by atoms with Crippen molar-refractivity contribution in [3.05, 3.63) is 40.0 Å². The average Bonchev–Trinajstić information content (AvgIpc) is 2.80. The molecule has 0 bridgehead atoms. The third-order valence-corrected chi connectivity index (χ3v) is 3.93. The van der Waals surface area contributed by atoms with Crippen LogP contribution in [0.5, 0.6) is 0 Å². The fourth-order valence-electron chi connectivity index (χ4n) is 1.82. The van der Waals surface area contributed by atoms with Gasteiger partial charge in [0, 0.05) is 35.6 Å². The second-order valence-electron chi connectivity index (χ2n) is 4.38. The van der Waals surface area contributed by atoms with Gasteiger partial charge in [0.2, 0.25) is 0 Å². The van der Waals surface area contributed by atoms with Crippen molar-refractivity contribution in [3.63, 3.8) is 0 Å². The number of rotatable bonds is 6. The van der Waals surface area contributed by atoms with Gasteiger partial charge in [-0.05, 0) is 31.7 Å². The van der Waals surface area contributed by atoms with E-state index in [0.29, 0.717) is 0 Å². The molecule has 0 atom stereocenters. The monoisotopic (exact) mass is 340 g/mol. The van der Waals surface area contributed by atoms with Crippen molar-refractivity contribution in [3.8, 4) is 0 Å². The highest BCUT2D eigenvalue weighted by Crippen LogP contribution is 2.19. The molecule has 0 amide bonds. The molecule has 0 fully saturated rings. The Bertz CT molecular complexity index is 512. The first-order valence-corrected chi connectivity index (χ1v) is 7.73. The Balaban J connectivity index is 1.95. The van der Waals surface area contributed by atoms with Crippen molar-refractivity contribution in [2.45, 2.75) is 20.0 Å². The molecular formula is C13H17BrN4S. The van der Waals surface area contributed by atoms with E-state index in [0.717, 1.165) is 34.8 Å². The molecule has 0 saturated heterocycles. The van der Waals surface area contributed by atoms with Gasteiger partial charge in [-0.2, -0.15) is 0 Å². The van der Waals surface area contributed by atoms with Crippen molar-refractivity contribution in [2.24, 2.45) is 0 Å². The van der Waals surface area contributed by atoms with E-state index < -0.39 is 0 Å². The Kier molecular flexibility index (Phi) is 5.30. The van der Waals surface area contributed by atoms with E-state index >= 15 is 0 Å². The quantitative estimate of drug-likeness (QED) is 0.875. The first-order chi connectivity index (χ1) is 9.19. The Morgan fingerprint density at radius 1 is 1.26 bits per heavy atom. The van der Waals surface area contributed by atoms with Gasteiger partial charge in [-0.25, -0.2) is 0 Å². The molecule has 0 aliphatic carbocycles. The molecule has 102 valence electrons. The van der Waals surface area contributed by atoms with Crippen LogP contribution in [0.1, 0.15) is 18.2 Å². The molecule has 0 saturated carbocycles. The summed E-state index contributed by atoms with van der Waals surface area (Å²) in [6, 6.07) is 8.39. The fourth-order valence-corrected chi connectivity index (χ4v) is 2.72. The van der Waals surface area contributed by atoms with Crippen molar-refractivity contribution < 1.29 is 0 Å². The van der Waals surface area contributed by atoms with E-state index in [1.165, 1.54) is 17.1 Å². The number of nitrogens with zero attached hydrogens (tertiary/aromatic N) is 3. The smallest absolute Gasteiger partial charge is 0.134 e. The van der Waals surface area contributed by atoms with Gasteiger partial charge in [-0.1, -0.05) is 32.6 Å². The van der Waals surface area contributed by atoms with Gasteiger partial charge in [0.25, 0.3) is 0 Å². The van der Waals surface area contributed by atoms with Gasteiger partial charge in [0.1, 0.15) is 10.7 Å². The normalized spacial score (nSPS) is 10.9. The Morgan fingerprint density at radius 3 is 2.68 bits per heavy atom. The van der Waals surface area contributed by atoms with Crippen LogP contribution in [0, 0.1) is 0 Å². The van der Waals surface area contributed by atoms with Crippen molar-refractivity contribution in [1.29, 1.82) is 0 Å². The first-order valence-electron chi connectivity index (χ1n) is 6.17. The van der Waals surface area contributed by atoms with Crippen molar-refractivity contribution in [2.75, 3.05) is 18.9 Å². The van der Waals surface area contributed by atoms with Gasteiger partial charge in [0.15, 0.2) is 0 Å². The number of anilines is 1. The molecule has 2 rings (SSSR count). The van der Waals surface area contributed by atoms with E-state index in [4.69, 9.17) is 0 Å². The zero-order valence-corrected chi connectivity index (χ0v) is 13.5. The minimum atomic E-state index is 0.800. The highest BCUT2D eigenvalue weighted by molar-refractivity contribution is 9.10. The van der Waals surface area contributed by atoms with Gasteiger partial charge < -0.3 is 5.32 Å². The zero-order chi connectivity index (χ0) is 13.7. The van der Waals surface area contributed by atoms with Crippen LogP contribution in [0.2, 0.25) is 0 Å². The molecule has 0 spiro atoms. The van der Waals surface area contributed by atoms with Crippen LogP contribution in [0.15, 0.2) is 28.7 Å². The van der Waals surface area contributed by atoms with Crippen LogP contribution in [0.4, 0.5) is 5.00 Å². The summed E-state index contributed by atoms with van der Waals surface area (Å²) in [5.74, 6) is 0. The van der Waals surface area contributed by atoms with Gasteiger partial charge in [-0.3, -0.25) is 4.90 Å². The van der Waals surface area contributed by atoms with Crippen molar-refractivity contribution in [1.82, 2.24) is 14.5 Å². The third kappa shape index (κ3) is 4.26. The zero-order valence-electron chi connectivity index (χ0n) is 11.1. The topological polar surface area (TPSA) is 41.1 Å². The number of nitrogens with one attached hydrogen (secondary N) is 1. The van der Waals surface area contributed by atoms with Crippen LogP contribution in [0.3, 0.4) is 0 Å². The van der Waals surface area contributed by atoms with Crippen LogP contribution >= 0.6 is 27.5 Å². The molecular weight excluding hydrogens is 324 g/mol. The number of halogens is 1. The summed E-state index contributed by atoms with van der Waals surface area (Å²) in [6.07, 6.45) is 0. The van der Waals surface area contributed by atoms with E-state index in [1.54, 1.807) is 0 Å². The third-order valence-electron chi connectivity index (χ3n) is 2.68. The van der Waals surface area contributed by atoms with E-state index in [-0.39, 0.29) is 0 Å². The summed E-state index contributed by atoms with van der Waals surface area (Å²) in [7, 11) is 2.09. The molecule has 0 aliphatic heterocycles. The molecule has 4 nitrogen and oxygen atoms in total. The lowest BCUT2D eigenvalue weighted by Gasteiger charge is -2.16. The van der Waals surface area contributed by atoms with Crippen LogP contribution in [0.25, 0.3) is 0 Å². The minimum absolute atomic E-state index is 0.800.